The molecule has 1 aliphatic heterocycles. The predicted octanol–water partition coefficient (Wildman–Crippen LogP) is 1.38. The van der Waals surface area contributed by atoms with Crippen LogP contribution in [0.4, 0.5) is 5.69 Å². The second kappa shape index (κ2) is 8.66. The van der Waals surface area contributed by atoms with Crippen LogP contribution < -0.4 is 10.6 Å². The Morgan fingerprint density at radius 2 is 1.96 bits per heavy atom. The first-order valence-electron chi connectivity index (χ1n) is 7.90. The van der Waals surface area contributed by atoms with Crippen LogP contribution in [0.15, 0.2) is 24.3 Å². The van der Waals surface area contributed by atoms with E-state index >= 15 is 0 Å². The molecular weight excluding hydrogens is 344 g/mol. The monoisotopic (exact) mass is 364 g/mol. The van der Waals surface area contributed by atoms with Gasteiger partial charge in [-0.25, -0.2) is 4.79 Å². The van der Waals surface area contributed by atoms with Gasteiger partial charge < -0.3 is 15.4 Å². The van der Waals surface area contributed by atoms with Crippen molar-refractivity contribution >= 4 is 41.0 Å². The Morgan fingerprint density at radius 3 is 2.52 bits per heavy atom. The van der Waals surface area contributed by atoms with Crippen molar-refractivity contribution < 1.29 is 23.9 Å². The standard InChI is InChI=1S/C17H20N2O5S/c1-3-24-17(23)13-9-25-14(16(22)19-13)8-15(21)18-12-6-4-11(5-7-12)10(2)20/h4-7,13-14H,3,8-9H2,1-2H3,(H,18,21)(H,19,22)/t13-,14-/m1/s1. The summed E-state index contributed by atoms with van der Waals surface area (Å²) >= 11 is 1.26. The minimum absolute atomic E-state index is 0.000501. The van der Waals surface area contributed by atoms with Gasteiger partial charge in [0.15, 0.2) is 5.78 Å². The number of ketones is 1. The van der Waals surface area contributed by atoms with Gasteiger partial charge in [-0.05, 0) is 38.1 Å². The van der Waals surface area contributed by atoms with Crippen LogP contribution in [0.3, 0.4) is 0 Å². The highest BCUT2D eigenvalue weighted by Crippen LogP contribution is 2.22. The molecule has 2 atom stereocenters. The highest BCUT2D eigenvalue weighted by Gasteiger charge is 2.34. The molecule has 0 spiro atoms. The zero-order valence-electron chi connectivity index (χ0n) is 14.0. The largest absolute Gasteiger partial charge is 0.464 e. The van der Waals surface area contributed by atoms with Crippen molar-refractivity contribution in [1.29, 1.82) is 0 Å². The minimum atomic E-state index is -0.670. The van der Waals surface area contributed by atoms with E-state index in [1.165, 1.54) is 18.7 Å². The number of ether oxygens (including phenoxy) is 1. The lowest BCUT2D eigenvalue weighted by molar-refractivity contribution is -0.146. The molecule has 2 amide bonds. The Bertz CT molecular complexity index is 674. The fourth-order valence-corrected chi connectivity index (χ4v) is 3.42. The van der Waals surface area contributed by atoms with Crippen LogP contribution in [0.1, 0.15) is 30.6 Å². The molecule has 1 fully saturated rings. The number of esters is 1. The number of anilines is 1. The van der Waals surface area contributed by atoms with Gasteiger partial charge in [-0.1, -0.05) is 0 Å². The highest BCUT2D eigenvalue weighted by molar-refractivity contribution is 8.00. The fraction of sp³-hybridized carbons (Fsp3) is 0.412. The first kappa shape index (κ1) is 19.0. The second-order valence-electron chi connectivity index (χ2n) is 5.52. The van der Waals surface area contributed by atoms with Crippen LogP contribution in [0.5, 0.6) is 0 Å². The third kappa shape index (κ3) is 5.32. The van der Waals surface area contributed by atoms with Gasteiger partial charge in [0.1, 0.15) is 6.04 Å². The van der Waals surface area contributed by atoms with E-state index in [4.69, 9.17) is 4.74 Å². The van der Waals surface area contributed by atoms with Crippen LogP contribution in [0.2, 0.25) is 0 Å². The van der Waals surface area contributed by atoms with Gasteiger partial charge in [0.2, 0.25) is 11.8 Å². The number of carbonyl (C=O) groups is 4. The quantitative estimate of drug-likeness (QED) is 0.584. The van der Waals surface area contributed by atoms with E-state index in [1.54, 1.807) is 31.2 Å². The van der Waals surface area contributed by atoms with Crippen molar-refractivity contribution in [3.05, 3.63) is 29.8 Å². The molecule has 8 heteroatoms. The van der Waals surface area contributed by atoms with Crippen LogP contribution in [-0.4, -0.2) is 47.2 Å². The number of hydrogen-bond donors (Lipinski definition) is 2. The molecule has 1 heterocycles. The van der Waals surface area contributed by atoms with Crippen molar-refractivity contribution in [2.75, 3.05) is 17.7 Å². The van der Waals surface area contributed by atoms with Crippen molar-refractivity contribution in [3.63, 3.8) is 0 Å². The number of amides is 2. The van der Waals surface area contributed by atoms with E-state index in [0.717, 1.165) is 0 Å². The molecule has 0 radical (unpaired) electrons. The maximum absolute atomic E-state index is 12.1. The molecule has 134 valence electrons. The van der Waals surface area contributed by atoms with Gasteiger partial charge in [0, 0.05) is 23.4 Å². The lowest BCUT2D eigenvalue weighted by Crippen LogP contribution is -2.51. The third-order valence-corrected chi connectivity index (χ3v) is 4.90. The summed E-state index contributed by atoms with van der Waals surface area (Å²) in [5, 5.41) is 4.73. The summed E-state index contributed by atoms with van der Waals surface area (Å²) in [5.41, 5.74) is 1.12. The van der Waals surface area contributed by atoms with Gasteiger partial charge in [0.25, 0.3) is 0 Å². The topological polar surface area (TPSA) is 102 Å². The van der Waals surface area contributed by atoms with E-state index in [9.17, 15) is 19.2 Å². The molecule has 2 rings (SSSR count). The van der Waals surface area contributed by atoms with E-state index in [0.29, 0.717) is 17.0 Å². The van der Waals surface area contributed by atoms with E-state index in [2.05, 4.69) is 10.6 Å². The van der Waals surface area contributed by atoms with Crippen LogP contribution in [0.25, 0.3) is 0 Å². The average molecular weight is 364 g/mol. The molecule has 7 nitrogen and oxygen atoms in total. The molecule has 0 aliphatic carbocycles. The first-order valence-corrected chi connectivity index (χ1v) is 8.95. The molecule has 1 saturated heterocycles. The van der Waals surface area contributed by atoms with Gasteiger partial charge in [-0.15, -0.1) is 11.8 Å². The summed E-state index contributed by atoms with van der Waals surface area (Å²) in [5.74, 6) is -0.800. The smallest absolute Gasteiger partial charge is 0.329 e. The number of benzene rings is 1. The molecular formula is C17H20N2O5S. The normalized spacial score (nSPS) is 19.7. The van der Waals surface area contributed by atoms with Crippen LogP contribution in [0, 0.1) is 0 Å². The van der Waals surface area contributed by atoms with E-state index in [-0.39, 0.29) is 30.6 Å². The van der Waals surface area contributed by atoms with Crippen molar-refractivity contribution in [2.24, 2.45) is 0 Å². The Hall–Kier alpha value is -2.35. The zero-order valence-corrected chi connectivity index (χ0v) is 14.9. The van der Waals surface area contributed by atoms with Crippen LogP contribution in [-0.2, 0) is 19.1 Å². The van der Waals surface area contributed by atoms with Gasteiger partial charge in [-0.3, -0.25) is 14.4 Å². The molecule has 0 bridgehead atoms. The Balaban J connectivity index is 1.85. The molecule has 25 heavy (non-hydrogen) atoms. The molecule has 1 aromatic carbocycles. The molecule has 0 saturated carbocycles. The number of thioether (sulfide) groups is 1. The third-order valence-electron chi connectivity index (χ3n) is 3.59. The number of nitrogens with one attached hydrogen (secondary N) is 2. The highest BCUT2D eigenvalue weighted by atomic mass is 32.2. The summed E-state index contributed by atoms with van der Waals surface area (Å²) in [4.78, 5) is 47.0. The van der Waals surface area contributed by atoms with E-state index in [1.807, 2.05) is 0 Å². The van der Waals surface area contributed by atoms with Crippen molar-refractivity contribution in [1.82, 2.24) is 5.32 Å². The maximum atomic E-state index is 12.1. The second-order valence-corrected chi connectivity index (χ2v) is 6.76. The summed E-state index contributed by atoms with van der Waals surface area (Å²) in [6.45, 7) is 3.42. The molecule has 2 N–H and O–H groups in total. The lowest BCUT2D eigenvalue weighted by Gasteiger charge is -2.27. The molecule has 1 aliphatic rings. The summed E-state index contributed by atoms with van der Waals surface area (Å²) < 4.78 is 4.88. The SMILES string of the molecule is CCOC(=O)[C@H]1CS[C@H](CC(=O)Nc2ccc(C(C)=O)cc2)C(=O)N1. The minimum Gasteiger partial charge on any atom is -0.464 e. The number of hydrogen-bond acceptors (Lipinski definition) is 6. The molecule has 1 aromatic rings. The molecule has 0 unspecified atom stereocenters. The maximum Gasteiger partial charge on any atom is 0.329 e. The fourth-order valence-electron chi connectivity index (χ4n) is 2.28. The van der Waals surface area contributed by atoms with E-state index < -0.39 is 17.3 Å². The average Bonchev–Trinajstić information content (AvgIpc) is 2.57. The van der Waals surface area contributed by atoms with Crippen molar-refractivity contribution in [3.8, 4) is 0 Å². The summed E-state index contributed by atoms with van der Waals surface area (Å²) in [6.07, 6.45) is 0.000501. The Morgan fingerprint density at radius 1 is 1.28 bits per heavy atom. The lowest BCUT2D eigenvalue weighted by atomic mass is 10.1. The van der Waals surface area contributed by atoms with Gasteiger partial charge >= 0.3 is 5.97 Å². The molecule has 0 aromatic heterocycles. The summed E-state index contributed by atoms with van der Waals surface area (Å²) in [7, 11) is 0. The first-order chi connectivity index (χ1) is 11.9. The predicted molar refractivity (Wildman–Crippen MR) is 94.5 cm³/mol. The Kier molecular flexibility index (Phi) is 6.58. The van der Waals surface area contributed by atoms with Crippen LogP contribution >= 0.6 is 11.8 Å². The van der Waals surface area contributed by atoms with Crippen molar-refractivity contribution in [2.45, 2.75) is 31.6 Å². The number of Topliss-reactive ketones (excluding diaryl/α,β-unsaturated/α-hetero) is 1. The van der Waals surface area contributed by atoms with Gasteiger partial charge in [0.05, 0.1) is 11.9 Å². The summed E-state index contributed by atoms with van der Waals surface area (Å²) in [6, 6.07) is 5.86. The van der Waals surface area contributed by atoms with Gasteiger partial charge in [-0.2, -0.15) is 0 Å². The number of rotatable bonds is 6. The Labute approximate surface area is 149 Å². The zero-order chi connectivity index (χ0) is 18.4. The number of carbonyl (C=O) groups excluding carboxylic acids is 4.